The lowest BCUT2D eigenvalue weighted by molar-refractivity contribution is -0.138. The number of aromatic hydroxyl groups is 1. The van der Waals surface area contributed by atoms with Crippen molar-refractivity contribution in [3.63, 3.8) is 0 Å². The van der Waals surface area contributed by atoms with Crippen LogP contribution < -0.4 is 4.74 Å². The van der Waals surface area contributed by atoms with Crippen LogP contribution in [0.25, 0.3) is 0 Å². The van der Waals surface area contributed by atoms with Gasteiger partial charge in [-0.1, -0.05) is 41.9 Å². The molecule has 0 heterocycles. The lowest BCUT2D eigenvalue weighted by Gasteiger charge is -2.15. The van der Waals surface area contributed by atoms with Crippen molar-refractivity contribution >= 4 is 17.6 Å². The van der Waals surface area contributed by atoms with Crippen LogP contribution in [-0.4, -0.2) is 22.8 Å². The molecule has 0 saturated heterocycles. The number of carbonyl (C=O) groups is 1. The molecule has 2 N–H and O–H groups in total. The van der Waals surface area contributed by atoms with Gasteiger partial charge in [-0.05, 0) is 36.6 Å². The van der Waals surface area contributed by atoms with E-state index in [0.717, 1.165) is 5.56 Å². The predicted molar refractivity (Wildman–Crippen MR) is 84.8 cm³/mol. The highest BCUT2D eigenvalue weighted by Gasteiger charge is 2.21. The third-order valence-corrected chi connectivity index (χ3v) is 3.62. The molecule has 4 nitrogen and oxygen atoms in total. The van der Waals surface area contributed by atoms with Crippen molar-refractivity contribution in [2.24, 2.45) is 0 Å². The van der Waals surface area contributed by atoms with Crippen molar-refractivity contribution in [1.82, 2.24) is 0 Å². The molecule has 0 aromatic heterocycles. The quantitative estimate of drug-likeness (QED) is 0.848. The smallest absolute Gasteiger partial charge is 0.311 e. The number of aliphatic carboxylic acids is 1. The first-order valence-corrected chi connectivity index (χ1v) is 7.32. The van der Waals surface area contributed by atoms with E-state index in [1.807, 2.05) is 6.07 Å². The fourth-order valence-electron chi connectivity index (χ4n) is 2.28. The van der Waals surface area contributed by atoms with Crippen LogP contribution in [0, 0.1) is 0 Å². The monoisotopic (exact) mass is 320 g/mol. The Bertz CT molecular complexity index is 655. The number of hydrogen-bond acceptors (Lipinski definition) is 3. The Balaban J connectivity index is 2.33. The van der Waals surface area contributed by atoms with E-state index in [-0.39, 0.29) is 22.9 Å². The van der Waals surface area contributed by atoms with E-state index in [1.165, 1.54) is 0 Å². The van der Waals surface area contributed by atoms with Crippen LogP contribution in [0.15, 0.2) is 42.5 Å². The van der Waals surface area contributed by atoms with Crippen molar-refractivity contribution < 1.29 is 19.7 Å². The third kappa shape index (κ3) is 3.71. The molecule has 1 atom stereocenters. The molecule has 0 aliphatic rings. The van der Waals surface area contributed by atoms with Gasteiger partial charge < -0.3 is 14.9 Å². The van der Waals surface area contributed by atoms with Crippen LogP contribution in [0.5, 0.6) is 11.5 Å². The number of phenolic OH excluding ortho intramolecular Hbond substituents is 1. The first-order valence-electron chi connectivity index (χ1n) is 6.94. The lowest BCUT2D eigenvalue weighted by atomic mass is 9.92. The van der Waals surface area contributed by atoms with Gasteiger partial charge in [0.15, 0.2) is 11.5 Å². The Labute approximate surface area is 133 Å². The maximum atomic E-state index is 11.6. The van der Waals surface area contributed by atoms with Gasteiger partial charge in [0.2, 0.25) is 0 Å². The second kappa shape index (κ2) is 7.18. The van der Waals surface area contributed by atoms with Gasteiger partial charge in [0.1, 0.15) is 0 Å². The molecule has 2 aromatic rings. The standard InChI is InChI=1S/C17H17ClO4/c1-2-22-15-10-11(9-14(18)16(15)19)8-13(17(20)21)12-6-4-3-5-7-12/h3-7,9-10,13,19H,2,8H2,1H3,(H,20,21). The molecule has 22 heavy (non-hydrogen) atoms. The Kier molecular flexibility index (Phi) is 5.28. The Morgan fingerprint density at radius 1 is 1.27 bits per heavy atom. The average Bonchev–Trinajstić information content (AvgIpc) is 2.50. The molecule has 0 amide bonds. The minimum absolute atomic E-state index is 0.126. The molecule has 1 unspecified atom stereocenters. The maximum absolute atomic E-state index is 11.6. The van der Waals surface area contributed by atoms with Crippen molar-refractivity contribution in [2.75, 3.05) is 6.61 Å². The minimum Gasteiger partial charge on any atom is -0.503 e. The number of halogens is 1. The molecule has 5 heteroatoms. The number of carboxylic acid groups (broad SMARTS) is 1. The molecule has 0 fully saturated rings. The number of carboxylic acids is 1. The minimum atomic E-state index is -0.909. The normalized spacial score (nSPS) is 11.9. The number of rotatable bonds is 6. The average molecular weight is 321 g/mol. The molecule has 116 valence electrons. The van der Waals surface area contributed by atoms with E-state index in [2.05, 4.69) is 0 Å². The SMILES string of the molecule is CCOc1cc(CC(C(=O)O)c2ccccc2)cc(Cl)c1O. The molecular weight excluding hydrogens is 304 g/mol. The van der Waals surface area contributed by atoms with E-state index in [0.29, 0.717) is 12.2 Å². The molecule has 2 rings (SSSR count). The summed E-state index contributed by atoms with van der Waals surface area (Å²) in [5, 5.41) is 19.5. The second-order valence-electron chi connectivity index (χ2n) is 4.86. The van der Waals surface area contributed by atoms with Crippen molar-refractivity contribution in [1.29, 1.82) is 0 Å². The van der Waals surface area contributed by atoms with Gasteiger partial charge >= 0.3 is 5.97 Å². The van der Waals surface area contributed by atoms with Gasteiger partial charge in [-0.15, -0.1) is 0 Å². The summed E-state index contributed by atoms with van der Waals surface area (Å²) in [6.07, 6.45) is 0.263. The van der Waals surface area contributed by atoms with Gasteiger partial charge in [-0.3, -0.25) is 4.79 Å². The van der Waals surface area contributed by atoms with Gasteiger partial charge in [-0.25, -0.2) is 0 Å². The van der Waals surface area contributed by atoms with Crippen molar-refractivity contribution in [3.05, 3.63) is 58.6 Å². The highest BCUT2D eigenvalue weighted by atomic mass is 35.5. The van der Waals surface area contributed by atoms with Gasteiger partial charge in [-0.2, -0.15) is 0 Å². The fourth-order valence-corrected chi connectivity index (χ4v) is 2.51. The zero-order chi connectivity index (χ0) is 16.1. The first kappa shape index (κ1) is 16.2. The Morgan fingerprint density at radius 2 is 1.95 bits per heavy atom. The molecule has 0 bridgehead atoms. The molecular formula is C17H17ClO4. The predicted octanol–water partition coefficient (Wildman–Crippen LogP) is 3.86. The highest BCUT2D eigenvalue weighted by molar-refractivity contribution is 6.32. The molecule has 0 radical (unpaired) electrons. The summed E-state index contributed by atoms with van der Waals surface area (Å²) in [5.41, 5.74) is 1.42. The third-order valence-electron chi connectivity index (χ3n) is 3.33. The molecule has 0 saturated carbocycles. The summed E-state index contributed by atoms with van der Waals surface area (Å²) in [7, 11) is 0. The van der Waals surface area contributed by atoms with Gasteiger partial charge in [0.25, 0.3) is 0 Å². The van der Waals surface area contributed by atoms with Crippen LogP contribution in [0.4, 0.5) is 0 Å². The Hall–Kier alpha value is -2.20. The number of ether oxygens (including phenoxy) is 1. The lowest BCUT2D eigenvalue weighted by Crippen LogP contribution is -2.14. The van der Waals surface area contributed by atoms with Gasteiger partial charge in [0.05, 0.1) is 17.5 Å². The molecule has 0 aliphatic heterocycles. The largest absolute Gasteiger partial charge is 0.503 e. The number of hydrogen-bond donors (Lipinski definition) is 2. The Morgan fingerprint density at radius 3 is 2.55 bits per heavy atom. The van der Waals surface area contributed by atoms with Crippen molar-refractivity contribution in [2.45, 2.75) is 19.3 Å². The summed E-state index contributed by atoms with van der Waals surface area (Å²) >= 11 is 5.99. The van der Waals surface area contributed by atoms with Gasteiger partial charge in [0, 0.05) is 0 Å². The summed E-state index contributed by atoms with van der Waals surface area (Å²) in [5.74, 6) is -1.45. The van der Waals surface area contributed by atoms with E-state index < -0.39 is 11.9 Å². The van der Waals surface area contributed by atoms with E-state index in [4.69, 9.17) is 16.3 Å². The zero-order valence-electron chi connectivity index (χ0n) is 12.1. The fraction of sp³-hybridized carbons (Fsp3) is 0.235. The number of benzene rings is 2. The summed E-state index contributed by atoms with van der Waals surface area (Å²) in [6.45, 7) is 2.18. The molecule has 2 aromatic carbocycles. The zero-order valence-corrected chi connectivity index (χ0v) is 12.9. The summed E-state index contributed by atoms with van der Waals surface area (Å²) < 4.78 is 5.32. The topological polar surface area (TPSA) is 66.8 Å². The van der Waals surface area contributed by atoms with E-state index in [1.54, 1.807) is 43.3 Å². The van der Waals surface area contributed by atoms with Crippen LogP contribution in [0.2, 0.25) is 5.02 Å². The summed E-state index contributed by atoms with van der Waals surface area (Å²) in [4.78, 5) is 11.6. The van der Waals surface area contributed by atoms with Crippen LogP contribution in [0.1, 0.15) is 24.0 Å². The highest BCUT2D eigenvalue weighted by Crippen LogP contribution is 2.36. The first-order chi connectivity index (χ1) is 10.5. The van der Waals surface area contributed by atoms with Crippen LogP contribution >= 0.6 is 11.6 Å². The molecule has 0 spiro atoms. The second-order valence-corrected chi connectivity index (χ2v) is 5.27. The van der Waals surface area contributed by atoms with E-state index >= 15 is 0 Å². The van der Waals surface area contributed by atoms with Crippen molar-refractivity contribution in [3.8, 4) is 11.5 Å². The summed E-state index contributed by atoms with van der Waals surface area (Å²) in [6, 6.07) is 12.2. The maximum Gasteiger partial charge on any atom is 0.311 e. The van der Waals surface area contributed by atoms with Crippen LogP contribution in [-0.2, 0) is 11.2 Å². The molecule has 0 aliphatic carbocycles. The van der Waals surface area contributed by atoms with E-state index in [9.17, 15) is 15.0 Å². The number of phenols is 1. The van der Waals surface area contributed by atoms with Crippen LogP contribution in [0.3, 0.4) is 0 Å².